The van der Waals surface area contributed by atoms with Crippen LogP contribution < -0.4 is 4.74 Å². The molecule has 20 heavy (non-hydrogen) atoms. The van der Waals surface area contributed by atoms with Gasteiger partial charge in [0.15, 0.2) is 11.3 Å². The standard InChI is InChI=1S/C15H18O5/c1-9-7-11-10(2)13(15(16)19-6-5-17-3)20-14(11)12(8-9)18-4/h7-8H,5-6H2,1-4H3. The minimum absolute atomic E-state index is 0.196. The van der Waals surface area contributed by atoms with Crippen molar-refractivity contribution in [3.05, 3.63) is 29.0 Å². The first-order chi connectivity index (χ1) is 9.58. The van der Waals surface area contributed by atoms with Crippen molar-refractivity contribution >= 4 is 16.9 Å². The van der Waals surface area contributed by atoms with Crippen LogP contribution in [0, 0.1) is 13.8 Å². The third-order valence-corrected chi connectivity index (χ3v) is 3.07. The van der Waals surface area contributed by atoms with Crippen molar-refractivity contribution in [1.29, 1.82) is 0 Å². The molecule has 0 fully saturated rings. The molecular formula is C15H18O5. The van der Waals surface area contributed by atoms with Crippen molar-refractivity contribution in [3.63, 3.8) is 0 Å². The third-order valence-electron chi connectivity index (χ3n) is 3.07. The number of ether oxygens (including phenoxy) is 3. The summed E-state index contributed by atoms with van der Waals surface area (Å²) in [7, 11) is 3.12. The molecule has 0 atom stereocenters. The summed E-state index contributed by atoms with van der Waals surface area (Å²) in [5.41, 5.74) is 2.36. The number of furan rings is 1. The van der Waals surface area contributed by atoms with Gasteiger partial charge in [-0.1, -0.05) is 0 Å². The predicted molar refractivity (Wildman–Crippen MR) is 74.4 cm³/mol. The lowest BCUT2D eigenvalue weighted by molar-refractivity contribution is 0.0356. The number of methoxy groups -OCH3 is 2. The van der Waals surface area contributed by atoms with Gasteiger partial charge in [0.2, 0.25) is 5.76 Å². The molecule has 1 aromatic carbocycles. The minimum atomic E-state index is -0.490. The summed E-state index contributed by atoms with van der Waals surface area (Å²) >= 11 is 0. The van der Waals surface area contributed by atoms with E-state index in [1.807, 2.05) is 26.0 Å². The Morgan fingerprint density at radius 3 is 2.60 bits per heavy atom. The molecule has 1 heterocycles. The maximum atomic E-state index is 12.0. The van der Waals surface area contributed by atoms with E-state index in [9.17, 15) is 4.79 Å². The van der Waals surface area contributed by atoms with E-state index in [0.29, 0.717) is 17.9 Å². The molecule has 0 amide bonds. The van der Waals surface area contributed by atoms with Crippen molar-refractivity contribution in [3.8, 4) is 5.75 Å². The lowest BCUT2D eigenvalue weighted by Gasteiger charge is -2.02. The summed E-state index contributed by atoms with van der Waals surface area (Å²) in [5.74, 6) is 0.328. The zero-order chi connectivity index (χ0) is 14.7. The first kappa shape index (κ1) is 14.4. The second-order valence-electron chi connectivity index (χ2n) is 4.53. The van der Waals surface area contributed by atoms with E-state index in [-0.39, 0.29) is 12.4 Å². The smallest absolute Gasteiger partial charge is 0.374 e. The second kappa shape index (κ2) is 5.96. The molecule has 0 aliphatic heterocycles. The molecule has 0 aliphatic carbocycles. The molecule has 5 nitrogen and oxygen atoms in total. The molecule has 0 saturated heterocycles. The Hall–Kier alpha value is -2.01. The van der Waals surface area contributed by atoms with Gasteiger partial charge in [-0.3, -0.25) is 0 Å². The topological polar surface area (TPSA) is 57.9 Å². The van der Waals surface area contributed by atoms with Crippen LogP contribution in [0.1, 0.15) is 21.7 Å². The Balaban J connectivity index is 2.40. The van der Waals surface area contributed by atoms with Gasteiger partial charge in [-0.05, 0) is 31.5 Å². The van der Waals surface area contributed by atoms with Crippen LogP contribution in [0.2, 0.25) is 0 Å². The lowest BCUT2D eigenvalue weighted by Crippen LogP contribution is -2.10. The maximum Gasteiger partial charge on any atom is 0.374 e. The molecule has 2 aromatic rings. The van der Waals surface area contributed by atoms with Gasteiger partial charge in [0, 0.05) is 18.1 Å². The summed E-state index contributed by atoms with van der Waals surface area (Å²) in [6, 6.07) is 3.83. The van der Waals surface area contributed by atoms with Crippen LogP contribution in [0.4, 0.5) is 0 Å². The first-order valence-corrected chi connectivity index (χ1v) is 6.32. The van der Waals surface area contributed by atoms with Gasteiger partial charge in [0.05, 0.1) is 13.7 Å². The van der Waals surface area contributed by atoms with E-state index in [1.165, 1.54) is 0 Å². The molecule has 0 unspecified atom stereocenters. The number of benzene rings is 1. The summed E-state index contributed by atoms with van der Waals surface area (Å²) in [5, 5.41) is 0.862. The van der Waals surface area contributed by atoms with Crippen LogP contribution in [0.15, 0.2) is 16.5 Å². The summed E-state index contributed by atoms with van der Waals surface area (Å²) in [6.07, 6.45) is 0. The van der Waals surface area contributed by atoms with Crippen LogP contribution in [0.25, 0.3) is 11.0 Å². The van der Waals surface area contributed by atoms with Crippen molar-refractivity contribution in [2.75, 3.05) is 27.4 Å². The molecule has 0 aliphatic rings. The summed E-state index contributed by atoms with van der Waals surface area (Å²) < 4.78 is 20.8. The van der Waals surface area contributed by atoms with E-state index < -0.39 is 5.97 Å². The number of aryl methyl sites for hydroxylation is 2. The van der Waals surface area contributed by atoms with Gasteiger partial charge >= 0.3 is 5.97 Å². The number of esters is 1. The number of hydrogen-bond acceptors (Lipinski definition) is 5. The van der Waals surface area contributed by atoms with Gasteiger partial charge in [-0.25, -0.2) is 4.79 Å². The largest absolute Gasteiger partial charge is 0.493 e. The Bertz CT molecular complexity index is 627. The fraction of sp³-hybridized carbons (Fsp3) is 0.400. The second-order valence-corrected chi connectivity index (χ2v) is 4.53. The van der Waals surface area contributed by atoms with Crippen LogP contribution in [-0.2, 0) is 9.47 Å². The highest BCUT2D eigenvalue weighted by Gasteiger charge is 2.21. The fourth-order valence-corrected chi connectivity index (χ4v) is 2.05. The van der Waals surface area contributed by atoms with Crippen molar-refractivity contribution in [2.24, 2.45) is 0 Å². The van der Waals surface area contributed by atoms with E-state index in [0.717, 1.165) is 16.5 Å². The number of carbonyl (C=O) groups is 1. The molecule has 2 rings (SSSR count). The van der Waals surface area contributed by atoms with Gasteiger partial charge in [-0.15, -0.1) is 0 Å². The third kappa shape index (κ3) is 2.63. The highest BCUT2D eigenvalue weighted by atomic mass is 16.6. The Kier molecular flexibility index (Phi) is 4.29. The summed E-state index contributed by atoms with van der Waals surface area (Å²) in [4.78, 5) is 12.0. The number of carbonyl (C=O) groups excluding carboxylic acids is 1. The van der Waals surface area contributed by atoms with E-state index in [1.54, 1.807) is 14.2 Å². The molecule has 0 saturated carbocycles. The molecule has 1 aromatic heterocycles. The van der Waals surface area contributed by atoms with E-state index >= 15 is 0 Å². The van der Waals surface area contributed by atoms with E-state index in [4.69, 9.17) is 18.6 Å². The molecule has 0 N–H and O–H groups in total. The van der Waals surface area contributed by atoms with E-state index in [2.05, 4.69) is 0 Å². The molecule has 0 spiro atoms. The zero-order valence-electron chi connectivity index (χ0n) is 12.1. The van der Waals surface area contributed by atoms with Crippen molar-refractivity contribution in [2.45, 2.75) is 13.8 Å². The first-order valence-electron chi connectivity index (χ1n) is 6.32. The SMILES string of the molecule is COCCOC(=O)c1oc2c(OC)cc(C)cc2c1C. The van der Waals surface area contributed by atoms with Gasteiger partial charge < -0.3 is 18.6 Å². The fourth-order valence-electron chi connectivity index (χ4n) is 2.05. The van der Waals surface area contributed by atoms with Crippen LogP contribution in [0.5, 0.6) is 5.75 Å². The molecule has 0 radical (unpaired) electrons. The van der Waals surface area contributed by atoms with Crippen LogP contribution in [-0.4, -0.2) is 33.4 Å². The van der Waals surface area contributed by atoms with Crippen LogP contribution in [0.3, 0.4) is 0 Å². The zero-order valence-corrected chi connectivity index (χ0v) is 12.1. The van der Waals surface area contributed by atoms with Gasteiger partial charge in [-0.2, -0.15) is 0 Å². The van der Waals surface area contributed by atoms with Gasteiger partial charge in [0.1, 0.15) is 6.61 Å². The van der Waals surface area contributed by atoms with Crippen LogP contribution >= 0.6 is 0 Å². The number of rotatable bonds is 5. The highest BCUT2D eigenvalue weighted by molar-refractivity contribution is 5.97. The molecule has 0 bridgehead atoms. The Morgan fingerprint density at radius 1 is 1.20 bits per heavy atom. The minimum Gasteiger partial charge on any atom is -0.493 e. The maximum absolute atomic E-state index is 12.0. The highest BCUT2D eigenvalue weighted by Crippen LogP contribution is 2.33. The van der Waals surface area contributed by atoms with Crippen molar-refractivity contribution < 1.29 is 23.4 Å². The normalized spacial score (nSPS) is 10.8. The average Bonchev–Trinajstić information content (AvgIpc) is 2.76. The number of fused-ring (bicyclic) bond motifs is 1. The average molecular weight is 278 g/mol. The lowest BCUT2D eigenvalue weighted by atomic mass is 10.1. The quantitative estimate of drug-likeness (QED) is 0.621. The molecule has 5 heteroatoms. The molecular weight excluding hydrogens is 260 g/mol. The monoisotopic (exact) mass is 278 g/mol. The Morgan fingerprint density at radius 2 is 1.95 bits per heavy atom. The Labute approximate surface area is 117 Å². The molecule has 108 valence electrons. The van der Waals surface area contributed by atoms with Crippen molar-refractivity contribution in [1.82, 2.24) is 0 Å². The summed E-state index contributed by atoms with van der Waals surface area (Å²) in [6.45, 7) is 4.35. The number of hydrogen-bond donors (Lipinski definition) is 0. The predicted octanol–water partition coefficient (Wildman–Crippen LogP) is 2.86. The van der Waals surface area contributed by atoms with Gasteiger partial charge in [0.25, 0.3) is 0 Å².